The van der Waals surface area contributed by atoms with Gasteiger partial charge in [0.05, 0.1) is 24.4 Å². The summed E-state index contributed by atoms with van der Waals surface area (Å²) in [7, 11) is 0. The Morgan fingerprint density at radius 3 is 2.21 bits per heavy atom. The van der Waals surface area contributed by atoms with Crippen LogP contribution in [0.2, 0.25) is 10.2 Å². The number of halogens is 2. The predicted molar refractivity (Wildman–Crippen MR) is 74.3 cm³/mol. The molecule has 2 aromatic rings. The Morgan fingerprint density at radius 2 is 1.68 bits per heavy atom. The van der Waals surface area contributed by atoms with Gasteiger partial charge in [0.15, 0.2) is 11.0 Å². The van der Waals surface area contributed by atoms with E-state index in [1.807, 2.05) is 30.3 Å². The molecule has 2 heterocycles. The largest absolute Gasteiger partial charge is 0.353 e. The topological polar surface area (TPSA) is 44.2 Å². The Labute approximate surface area is 121 Å². The highest BCUT2D eigenvalue weighted by Gasteiger charge is 2.03. The summed E-state index contributed by atoms with van der Waals surface area (Å²) in [5.41, 5.74) is 0.922. The van der Waals surface area contributed by atoms with E-state index in [0.717, 1.165) is 18.8 Å². The highest BCUT2D eigenvalue weighted by Crippen LogP contribution is 2.21. The van der Waals surface area contributed by atoms with Crippen LogP contribution >= 0.6 is 23.2 Å². The summed E-state index contributed by atoms with van der Waals surface area (Å²) in [4.78, 5) is 8.15. The second-order valence-corrected chi connectivity index (χ2v) is 4.40. The fourth-order valence-corrected chi connectivity index (χ4v) is 1.59. The third kappa shape index (κ3) is 4.44. The molecule has 0 amide bonds. The maximum Gasteiger partial charge on any atom is 0.160 e. The number of rotatable bonds is 1. The number of hydrogen-bond donors (Lipinski definition) is 0. The second kappa shape index (κ2) is 7.40. The summed E-state index contributed by atoms with van der Waals surface area (Å²) < 4.78 is 9.44. The molecule has 1 aromatic heterocycles. The van der Waals surface area contributed by atoms with Crippen LogP contribution in [-0.4, -0.2) is 30.0 Å². The van der Waals surface area contributed by atoms with Crippen molar-refractivity contribution in [3.05, 3.63) is 46.7 Å². The minimum atomic E-state index is 0.278. The van der Waals surface area contributed by atoms with Crippen LogP contribution in [0.4, 0.5) is 0 Å². The lowest BCUT2D eigenvalue weighted by Crippen LogP contribution is -1.88. The summed E-state index contributed by atoms with van der Waals surface area (Å²) >= 11 is 11.5. The van der Waals surface area contributed by atoms with Crippen LogP contribution in [0.5, 0.6) is 0 Å². The average Bonchev–Trinajstić information content (AvgIpc) is 3.02. The SMILES string of the molecule is C1COCO1.Clc1cnc(-c2ccccc2)nc1Cl. The zero-order chi connectivity index (χ0) is 13.5. The molecule has 1 aliphatic rings. The van der Waals surface area contributed by atoms with Crippen molar-refractivity contribution in [2.75, 3.05) is 20.0 Å². The van der Waals surface area contributed by atoms with Gasteiger partial charge in [0, 0.05) is 5.56 Å². The lowest BCUT2D eigenvalue weighted by molar-refractivity contribution is 0.0692. The molecule has 1 aromatic carbocycles. The first-order valence-electron chi connectivity index (χ1n) is 5.66. The minimum Gasteiger partial charge on any atom is -0.353 e. The zero-order valence-corrected chi connectivity index (χ0v) is 11.6. The van der Waals surface area contributed by atoms with E-state index >= 15 is 0 Å². The molecule has 100 valence electrons. The molecule has 4 nitrogen and oxygen atoms in total. The van der Waals surface area contributed by atoms with E-state index in [9.17, 15) is 0 Å². The molecule has 0 aliphatic carbocycles. The fraction of sp³-hybridized carbons (Fsp3) is 0.231. The molecule has 3 rings (SSSR count). The lowest BCUT2D eigenvalue weighted by atomic mass is 10.2. The molecule has 1 aliphatic heterocycles. The van der Waals surface area contributed by atoms with Crippen molar-refractivity contribution in [3.63, 3.8) is 0 Å². The van der Waals surface area contributed by atoms with E-state index in [0.29, 0.717) is 17.6 Å². The molecule has 0 N–H and O–H groups in total. The van der Waals surface area contributed by atoms with Gasteiger partial charge < -0.3 is 9.47 Å². The lowest BCUT2D eigenvalue weighted by Gasteiger charge is -2.00. The van der Waals surface area contributed by atoms with E-state index < -0.39 is 0 Å². The normalized spacial score (nSPS) is 13.8. The van der Waals surface area contributed by atoms with E-state index in [2.05, 4.69) is 9.97 Å². The molecular weight excluding hydrogens is 287 g/mol. The number of benzene rings is 1. The van der Waals surface area contributed by atoms with Crippen molar-refractivity contribution in [1.82, 2.24) is 9.97 Å². The van der Waals surface area contributed by atoms with Gasteiger partial charge in [0.2, 0.25) is 0 Å². The molecule has 0 bridgehead atoms. The highest BCUT2D eigenvalue weighted by molar-refractivity contribution is 6.41. The van der Waals surface area contributed by atoms with Crippen molar-refractivity contribution < 1.29 is 9.47 Å². The monoisotopic (exact) mass is 298 g/mol. The van der Waals surface area contributed by atoms with E-state index in [1.54, 1.807) is 0 Å². The summed E-state index contributed by atoms with van der Waals surface area (Å²) in [5.74, 6) is 0.583. The van der Waals surface area contributed by atoms with Crippen molar-refractivity contribution in [3.8, 4) is 11.4 Å². The predicted octanol–water partition coefficient (Wildman–Crippen LogP) is 3.44. The van der Waals surface area contributed by atoms with Gasteiger partial charge in [-0.25, -0.2) is 9.97 Å². The molecule has 0 unspecified atom stereocenters. The number of ether oxygens (including phenoxy) is 2. The Morgan fingerprint density at radius 1 is 1.00 bits per heavy atom. The first kappa shape index (κ1) is 14.2. The van der Waals surface area contributed by atoms with Crippen LogP contribution in [0.3, 0.4) is 0 Å². The van der Waals surface area contributed by atoms with Crippen LogP contribution in [-0.2, 0) is 9.47 Å². The standard InChI is InChI=1S/C10H6Cl2N2.C3H6O2/c11-8-6-13-10(14-9(8)12)7-4-2-1-3-5-7;1-2-5-3-4-1/h1-6H;1-3H2. The van der Waals surface area contributed by atoms with Crippen molar-refractivity contribution in [2.45, 2.75) is 0 Å². The van der Waals surface area contributed by atoms with Crippen LogP contribution in [0.15, 0.2) is 36.5 Å². The van der Waals surface area contributed by atoms with E-state index in [-0.39, 0.29) is 5.15 Å². The number of hydrogen-bond acceptors (Lipinski definition) is 4. The van der Waals surface area contributed by atoms with E-state index in [4.69, 9.17) is 32.7 Å². The minimum absolute atomic E-state index is 0.278. The second-order valence-electron chi connectivity index (χ2n) is 3.63. The average molecular weight is 299 g/mol. The molecule has 0 radical (unpaired) electrons. The molecular formula is C13H12Cl2N2O2. The number of nitrogens with zero attached hydrogens (tertiary/aromatic N) is 2. The summed E-state index contributed by atoms with van der Waals surface area (Å²) in [6.07, 6.45) is 1.50. The van der Waals surface area contributed by atoms with Gasteiger partial charge in [-0.15, -0.1) is 0 Å². The molecule has 1 fully saturated rings. The maximum atomic E-state index is 5.78. The Kier molecular flexibility index (Phi) is 5.54. The van der Waals surface area contributed by atoms with Gasteiger partial charge >= 0.3 is 0 Å². The number of aromatic nitrogens is 2. The van der Waals surface area contributed by atoms with Crippen LogP contribution < -0.4 is 0 Å². The van der Waals surface area contributed by atoms with Crippen molar-refractivity contribution in [2.24, 2.45) is 0 Å². The van der Waals surface area contributed by atoms with Crippen LogP contribution in [0, 0.1) is 0 Å². The van der Waals surface area contributed by atoms with Gasteiger partial charge in [-0.3, -0.25) is 0 Å². The Bertz CT molecular complexity index is 512. The third-order valence-electron chi connectivity index (χ3n) is 2.27. The van der Waals surface area contributed by atoms with E-state index in [1.165, 1.54) is 6.20 Å². The quantitative estimate of drug-likeness (QED) is 0.757. The maximum absolute atomic E-state index is 5.78. The highest BCUT2D eigenvalue weighted by atomic mass is 35.5. The fourth-order valence-electron chi connectivity index (χ4n) is 1.37. The zero-order valence-electron chi connectivity index (χ0n) is 10.1. The Hall–Kier alpha value is -1.20. The molecule has 1 saturated heterocycles. The molecule has 19 heavy (non-hydrogen) atoms. The van der Waals surface area contributed by atoms with Gasteiger partial charge in [-0.2, -0.15) is 0 Å². The molecule has 0 saturated carbocycles. The third-order valence-corrected chi connectivity index (χ3v) is 2.93. The molecule has 0 spiro atoms. The van der Waals surface area contributed by atoms with Gasteiger partial charge in [-0.05, 0) is 0 Å². The van der Waals surface area contributed by atoms with Crippen molar-refractivity contribution in [1.29, 1.82) is 0 Å². The summed E-state index contributed by atoms with van der Waals surface area (Å²) in [6.45, 7) is 2.06. The summed E-state index contributed by atoms with van der Waals surface area (Å²) in [6, 6.07) is 9.60. The van der Waals surface area contributed by atoms with Gasteiger partial charge in [0.1, 0.15) is 6.79 Å². The first-order valence-corrected chi connectivity index (χ1v) is 6.42. The van der Waals surface area contributed by atoms with Gasteiger partial charge in [-0.1, -0.05) is 53.5 Å². The van der Waals surface area contributed by atoms with Gasteiger partial charge in [0.25, 0.3) is 0 Å². The van der Waals surface area contributed by atoms with Crippen LogP contribution in [0.1, 0.15) is 0 Å². The van der Waals surface area contributed by atoms with Crippen LogP contribution in [0.25, 0.3) is 11.4 Å². The summed E-state index contributed by atoms with van der Waals surface area (Å²) in [5, 5.41) is 0.645. The Balaban J connectivity index is 0.000000224. The molecule has 0 atom stereocenters. The first-order chi connectivity index (χ1) is 9.27. The van der Waals surface area contributed by atoms with Crippen molar-refractivity contribution >= 4 is 23.2 Å². The molecule has 6 heteroatoms. The smallest absolute Gasteiger partial charge is 0.160 e.